The number of hydrogen-bond donors (Lipinski definition) is 0. The van der Waals surface area contributed by atoms with Crippen LogP contribution >= 0.6 is 34.3 Å². The maximum atomic E-state index is 12.4. The first kappa shape index (κ1) is 16.8. The summed E-state index contributed by atoms with van der Waals surface area (Å²) >= 11 is 9.59. The van der Waals surface area contributed by atoms with Gasteiger partial charge in [-0.2, -0.15) is 0 Å². The standard InChI is InChI=1S/C18H18ClN3OS2/c1-12-4-5-14(19)17-16(12)20-18(25-17)22-8-6-21(7-9-22)15(23)11-13-3-2-10-24-13/h2-5,10H,6-9,11H2,1H3. The lowest BCUT2D eigenvalue weighted by Gasteiger charge is -2.34. The van der Waals surface area contributed by atoms with E-state index < -0.39 is 0 Å². The highest BCUT2D eigenvalue weighted by Crippen LogP contribution is 2.35. The van der Waals surface area contributed by atoms with Gasteiger partial charge < -0.3 is 9.80 Å². The Kier molecular flexibility index (Phi) is 4.67. The Balaban J connectivity index is 1.44. The summed E-state index contributed by atoms with van der Waals surface area (Å²) in [5.74, 6) is 0.213. The Labute approximate surface area is 159 Å². The van der Waals surface area contributed by atoms with E-state index in [9.17, 15) is 4.79 Å². The molecule has 1 saturated heterocycles. The first-order chi connectivity index (χ1) is 12.1. The second kappa shape index (κ2) is 6.94. The van der Waals surface area contributed by atoms with Gasteiger partial charge in [-0.1, -0.05) is 35.1 Å². The molecular weight excluding hydrogens is 374 g/mol. The van der Waals surface area contributed by atoms with E-state index in [1.54, 1.807) is 22.7 Å². The highest BCUT2D eigenvalue weighted by Gasteiger charge is 2.24. The van der Waals surface area contributed by atoms with E-state index in [1.165, 1.54) is 0 Å². The van der Waals surface area contributed by atoms with Crippen molar-refractivity contribution in [3.05, 3.63) is 45.1 Å². The molecule has 7 heteroatoms. The van der Waals surface area contributed by atoms with Gasteiger partial charge in [0.2, 0.25) is 5.91 Å². The third kappa shape index (κ3) is 3.38. The molecule has 1 fully saturated rings. The Morgan fingerprint density at radius 1 is 1.24 bits per heavy atom. The normalized spacial score (nSPS) is 15.1. The fourth-order valence-corrected chi connectivity index (χ4v) is 5.11. The molecule has 0 unspecified atom stereocenters. The lowest BCUT2D eigenvalue weighted by Crippen LogP contribution is -2.49. The summed E-state index contributed by atoms with van der Waals surface area (Å²) < 4.78 is 1.05. The fourth-order valence-electron chi connectivity index (χ4n) is 3.05. The predicted octanol–water partition coefficient (Wildman–Crippen LogP) is 4.21. The number of amides is 1. The number of hydrogen-bond acceptors (Lipinski definition) is 5. The summed E-state index contributed by atoms with van der Waals surface area (Å²) in [6.45, 7) is 5.17. The summed E-state index contributed by atoms with van der Waals surface area (Å²) in [5.41, 5.74) is 2.13. The molecule has 1 aliphatic heterocycles. The molecule has 3 heterocycles. The fraction of sp³-hybridized carbons (Fsp3) is 0.333. The van der Waals surface area contributed by atoms with Gasteiger partial charge in [0, 0.05) is 31.1 Å². The molecule has 0 N–H and O–H groups in total. The summed E-state index contributed by atoms with van der Waals surface area (Å²) in [6, 6.07) is 7.95. The molecule has 4 nitrogen and oxygen atoms in total. The predicted molar refractivity (Wildman–Crippen MR) is 106 cm³/mol. The molecule has 0 radical (unpaired) electrons. The van der Waals surface area contributed by atoms with Crippen LogP contribution in [0, 0.1) is 6.92 Å². The van der Waals surface area contributed by atoms with Crippen molar-refractivity contribution in [3.8, 4) is 0 Å². The number of aryl methyl sites for hydroxylation is 1. The highest BCUT2D eigenvalue weighted by atomic mass is 35.5. The molecule has 1 aliphatic rings. The molecule has 130 valence electrons. The van der Waals surface area contributed by atoms with Crippen LogP contribution in [0.4, 0.5) is 5.13 Å². The van der Waals surface area contributed by atoms with Gasteiger partial charge in [0.05, 0.1) is 21.7 Å². The number of thiophene rings is 1. The second-order valence-electron chi connectivity index (χ2n) is 6.16. The first-order valence-corrected chi connectivity index (χ1v) is 10.3. The van der Waals surface area contributed by atoms with Crippen LogP contribution in [0.15, 0.2) is 29.6 Å². The van der Waals surface area contributed by atoms with Crippen molar-refractivity contribution in [1.29, 1.82) is 0 Å². The number of anilines is 1. The van der Waals surface area contributed by atoms with Gasteiger partial charge in [-0.05, 0) is 30.0 Å². The number of thiazole rings is 1. The van der Waals surface area contributed by atoms with Gasteiger partial charge >= 0.3 is 0 Å². The lowest BCUT2D eigenvalue weighted by molar-refractivity contribution is -0.130. The van der Waals surface area contributed by atoms with E-state index in [4.69, 9.17) is 16.6 Å². The molecule has 0 aliphatic carbocycles. The molecule has 2 aromatic heterocycles. The number of fused-ring (bicyclic) bond motifs is 1. The van der Waals surface area contributed by atoms with Gasteiger partial charge in [0.1, 0.15) is 0 Å². The molecule has 4 rings (SSSR count). The van der Waals surface area contributed by atoms with Gasteiger partial charge in [-0.15, -0.1) is 11.3 Å². The van der Waals surface area contributed by atoms with Crippen molar-refractivity contribution >= 4 is 55.5 Å². The number of piperazine rings is 1. The van der Waals surface area contributed by atoms with Crippen LogP contribution in [0.25, 0.3) is 10.2 Å². The van der Waals surface area contributed by atoms with Crippen LogP contribution in [-0.4, -0.2) is 42.0 Å². The molecule has 0 spiro atoms. The summed E-state index contributed by atoms with van der Waals surface area (Å²) in [6.07, 6.45) is 0.508. The van der Waals surface area contributed by atoms with Crippen LogP contribution in [0.3, 0.4) is 0 Å². The SMILES string of the molecule is Cc1ccc(Cl)c2sc(N3CCN(C(=O)Cc4cccs4)CC3)nc12. The van der Waals surface area contributed by atoms with E-state index in [0.717, 1.165) is 57.0 Å². The monoisotopic (exact) mass is 391 g/mol. The van der Waals surface area contributed by atoms with E-state index in [-0.39, 0.29) is 5.91 Å². The zero-order chi connectivity index (χ0) is 17.4. The van der Waals surface area contributed by atoms with E-state index in [2.05, 4.69) is 11.8 Å². The van der Waals surface area contributed by atoms with Crippen molar-refractivity contribution in [2.45, 2.75) is 13.3 Å². The minimum Gasteiger partial charge on any atom is -0.345 e. The number of carbonyl (C=O) groups is 1. The average Bonchev–Trinajstić information content (AvgIpc) is 3.28. The Morgan fingerprint density at radius 2 is 2.04 bits per heavy atom. The molecule has 1 amide bonds. The van der Waals surface area contributed by atoms with Crippen molar-refractivity contribution < 1.29 is 4.79 Å². The smallest absolute Gasteiger partial charge is 0.227 e. The van der Waals surface area contributed by atoms with Crippen molar-refractivity contribution in [2.75, 3.05) is 31.1 Å². The second-order valence-corrected chi connectivity index (χ2v) is 8.58. The molecule has 0 saturated carbocycles. The van der Waals surface area contributed by atoms with Crippen molar-refractivity contribution in [1.82, 2.24) is 9.88 Å². The lowest BCUT2D eigenvalue weighted by atomic mass is 10.2. The van der Waals surface area contributed by atoms with E-state index >= 15 is 0 Å². The van der Waals surface area contributed by atoms with Gasteiger partial charge in [0.25, 0.3) is 0 Å². The number of rotatable bonds is 3. The van der Waals surface area contributed by atoms with E-state index in [0.29, 0.717) is 6.42 Å². The minimum absolute atomic E-state index is 0.213. The maximum absolute atomic E-state index is 12.4. The Morgan fingerprint density at radius 3 is 2.72 bits per heavy atom. The Bertz CT molecular complexity index is 860. The number of halogens is 1. The molecule has 0 bridgehead atoms. The van der Waals surface area contributed by atoms with Crippen molar-refractivity contribution in [2.24, 2.45) is 0 Å². The minimum atomic E-state index is 0.213. The number of aromatic nitrogens is 1. The highest BCUT2D eigenvalue weighted by molar-refractivity contribution is 7.22. The quantitative estimate of drug-likeness (QED) is 0.671. The number of carbonyl (C=O) groups excluding carboxylic acids is 1. The van der Waals surface area contributed by atoms with Crippen molar-refractivity contribution in [3.63, 3.8) is 0 Å². The van der Waals surface area contributed by atoms with Gasteiger partial charge in [0.15, 0.2) is 5.13 Å². The molecule has 3 aromatic rings. The third-order valence-corrected chi connectivity index (χ3v) is 6.95. The van der Waals surface area contributed by atoms with Crippen LogP contribution in [0.1, 0.15) is 10.4 Å². The molecule has 25 heavy (non-hydrogen) atoms. The summed E-state index contributed by atoms with van der Waals surface area (Å²) in [5, 5.41) is 3.77. The van der Waals surface area contributed by atoms with Crippen LogP contribution in [-0.2, 0) is 11.2 Å². The number of nitrogens with zero attached hydrogens (tertiary/aromatic N) is 3. The van der Waals surface area contributed by atoms with E-state index in [1.807, 2.05) is 34.5 Å². The molecule has 1 aromatic carbocycles. The van der Waals surface area contributed by atoms with Gasteiger partial charge in [-0.25, -0.2) is 4.98 Å². The van der Waals surface area contributed by atoms with Gasteiger partial charge in [-0.3, -0.25) is 4.79 Å². The molecule has 0 atom stereocenters. The largest absolute Gasteiger partial charge is 0.345 e. The Hall–Kier alpha value is -1.63. The first-order valence-electron chi connectivity index (χ1n) is 8.22. The van der Waals surface area contributed by atoms with Crippen LogP contribution < -0.4 is 4.90 Å². The topological polar surface area (TPSA) is 36.4 Å². The number of benzene rings is 1. The third-order valence-electron chi connectivity index (χ3n) is 4.49. The zero-order valence-electron chi connectivity index (χ0n) is 13.9. The van der Waals surface area contributed by atoms with Crippen LogP contribution in [0.5, 0.6) is 0 Å². The van der Waals surface area contributed by atoms with Crippen LogP contribution in [0.2, 0.25) is 5.02 Å². The zero-order valence-corrected chi connectivity index (χ0v) is 16.3. The maximum Gasteiger partial charge on any atom is 0.227 e. The summed E-state index contributed by atoms with van der Waals surface area (Å²) in [4.78, 5) is 22.6. The molecular formula is C18H18ClN3OS2. The summed E-state index contributed by atoms with van der Waals surface area (Å²) in [7, 11) is 0. The average molecular weight is 392 g/mol.